The number of hydrogen-bond acceptors (Lipinski definition) is 2. The number of nitrogens with zero attached hydrogens (tertiary/aromatic N) is 1. The first-order chi connectivity index (χ1) is 8.59. The topological polar surface area (TPSA) is 57.6 Å². The maximum Gasteiger partial charge on any atom is 0.329 e. The maximum absolute atomic E-state index is 13.4. The molecule has 1 aromatic carbocycles. The van der Waals surface area contributed by atoms with Crippen LogP contribution in [0, 0.1) is 17.5 Å². The van der Waals surface area contributed by atoms with E-state index in [4.69, 9.17) is 5.11 Å². The lowest BCUT2D eigenvalue weighted by Gasteiger charge is -2.31. The highest BCUT2D eigenvalue weighted by atomic mass is 19.1. The molecule has 4 nitrogen and oxygen atoms in total. The second-order valence-electron chi connectivity index (χ2n) is 4.47. The van der Waals surface area contributed by atoms with Gasteiger partial charge >= 0.3 is 5.97 Å². The fourth-order valence-corrected chi connectivity index (χ4v) is 1.31. The Labute approximate surface area is 107 Å². The Bertz CT molecular complexity index is 520. The zero-order valence-electron chi connectivity index (χ0n) is 10.5. The van der Waals surface area contributed by atoms with Crippen LogP contribution in [-0.4, -0.2) is 34.5 Å². The van der Waals surface area contributed by atoms with Crippen LogP contribution in [0.3, 0.4) is 0 Å². The Balaban J connectivity index is 3.26. The predicted octanol–water partition coefficient (Wildman–Crippen LogP) is 2.04. The number of halogens is 3. The van der Waals surface area contributed by atoms with Gasteiger partial charge in [-0.2, -0.15) is 0 Å². The number of aliphatic carboxylic acids is 1. The molecule has 0 aromatic heterocycles. The highest BCUT2D eigenvalue weighted by Gasteiger charge is 2.37. The molecule has 1 N–H and O–H groups in total. The van der Waals surface area contributed by atoms with Crippen molar-refractivity contribution < 1.29 is 27.9 Å². The first-order valence-corrected chi connectivity index (χ1v) is 5.25. The van der Waals surface area contributed by atoms with Crippen LogP contribution in [0.25, 0.3) is 0 Å². The van der Waals surface area contributed by atoms with Gasteiger partial charge in [0.2, 0.25) is 0 Å². The van der Waals surface area contributed by atoms with E-state index in [1.165, 1.54) is 13.8 Å². The lowest BCUT2D eigenvalue weighted by Crippen LogP contribution is -2.51. The zero-order valence-corrected chi connectivity index (χ0v) is 10.5. The van der Waals surface area contributed by atoms with E-state index in [-0.39, 0.29) is 0 Å². The zero-order chi connectivity index (χ0) is 15.0. The van der Waals surface area contributed by atoms with Gasteiger partial charge in [-0.25, -0.2) is 18.0 Å². The molecule has 1 aromatic rings. The highest BCUT2D eigenvalue weighted by molar-refractivity contribution is 5.97. The minimum Gasteiger partial charge on any atom is -0.480 e. The summed E-state index contributed by atoms with van der Waals surface area (Å²) in [5.74, 6) is -6.44. The first-order valence-electron chi connectivity index (χ1n) is 5.25. The molecule has 0 unspecified atom stereocenters. The summed E-state index contributed by atoms with van der Waals surface area (Å²) in [7, 11) is 1.10. The monoisotopic (exact) mass is 275 g/mol. The van der Waals surface area contributed by atoms with Gasteiger partial charge < -0.3 is 10.0 Å². The third-order valence-corrected chi connectivity index (χ3v) is 2.89. The Hall–Kier alpha value is -2.05. The van der Waals surface area contributed by atoms with Crippen molar-refractivity contribution in [3.05, 3.63) is 35.1 Å². The summed E-state index contributed by atoms with van der Waals surface area (Å²) in [6.45, 7) is 2.40. The van der Waals surface area contributed by atoms with Crippen molar-refractivity contribution in [1.82, 2.24) is 4.90 Å². The molecule has 1 rings (SSSR count). The molecule has 0 radical (unpaired) electrons. The van der Waals surface area contributed by atoms with Gasteiger partial charge in [-0.15, -0.1) is 0 Å². The van der Waals surface area contributed by atoms with Crippen molar-refractivity contribution in [2.24, 2.45) is 0 Å². The smallest absolute Gasteiger partial charge is 0.329 e. The number of carbonyl (C=O) groups is 2. The van der Waals surface area contributed by atoms with Crippen LogP contribution in [0.15, 0.2) is 12.1 Å². The largest absolute Gasteiger partial charge is 0.480 e. The molecule has 0 atom stereocenters. The van der Waals surface area contributed by atoms with Gasteiger partial charge in [0, 0.05) is 19.2 Å². The second-order valence-corrected chi connectivity index (χ2v) is 4.47. The maximum atomic E-state index is 13.4. The molecule has 0 aliphatic heterocycles. The van der Waals surface area contributed by atoms with Crippen molar-refractivity contribution in [1.29, 1.82) is 0 Å². The van der Waals surface area contributed by atoms with Crippen molar-refractivity contribution >= 4 is 11.9 Å². The molecule has 0 aliphatic carbocycles. The van der Waals surface area contributed by atoms with Gasteiger partial charge in [0.1, 0.15) is 28.6 Å². The summed E-state index contributed by atoms with van der Waals surface area (Å²) >= 11 is 0. The molecule has 7 heteroatoms. The molecular formula is C12H12F3NO3. The lowest BCUT2D eigenvalue weighted by molar-refractivity contribution is -0.147. The van der Waals surface area contributed by atoms with Crippen LogP contribution in [0.4, 0.5) is 13.2 Å². The fraction of sp³-hybridized carbons (Fsp3) is 0.333. The van der Waals surface area contributed by atoms with Gasteiger partial charge in [-0.1, -0.05) is 0 Å². The second kappa shape index (κ2) is 4.91. The normalized spacial score (nSPS) is 11.3. The van der Waals surface area contributed by atoms with Crippen LogP contribution < -0.4 is 0 Å². The van der Waals surface area contributed by atoms with E-state index in [0.29, 0.717) is 17.0 Å². The molecule has 0 heterocycles. The van der Waals surface area contributed by atoms with E-state index in [2.05, 4.69) is 0 Å². The van der Waals surface area contributed by atoms with Crippen molar-refractivity contribution in [2.75, 3.05) is 7.05 Å². The summed E-state index contributed by atoms with van der Waals surface area (Å²) in [6.07, 6.45) is 0. The predicted molar refractivity (Wildman–Crippen MR) is 60.1 cm³/mol. The Morgan fingerprint density at radius 1 is 1.16 bits per heavy atom. The summed E-state index contributed by atoms with van der Waals surface area (Å²) in [5, 5.41) is 8.95. The van der Waals surface area contributed by atoms with E-state index in [0.717, 1.165) is 7.05 Å². The fourth-order valence-electron chi connectivity index (χ4n) is 1.31. The molecular weight excluding hydrogens is 263 g/mol. The number of carbonyl (C=O) groups excluding carboxylic acids is 1. The molecule has 104 valence electrons. The third-order valence-electron chi connectivity index (χ3n) is 2.89. The highest BCUT2D eigenvalue weighted by Crippen LogP contribution is 2.21. The molecule has 0 bridgehead atoms. The van der Waals surface area contributed by atoms with Gasteiger partial charge in [-0.05, 0) is 13.8 Å². The summed E-state index contributed by atoms with van der Waals surface area (Å²) in [6, 6.07) is 0.718. The van der Waals surface area contributed by atoms with Crippen LogP contribution in [0.2, 0.25) is 0 Å². The summed E-state index contributed by atoms with van der Waals surface area (Å²) in [5.41, 5.74) is -2.65. The van der Waals surface area contributed by atoms with E-state index >= 15 is 0 Å². The number of amides is 1. The minimum absolute atomic E-state index is 0.359. The van der Waals surface area contributed by atoms with Crippen LogP contribution in [0.1, 0.15) is 24.2 Å². The standard InChI is InChI=1S/C12H12F3NO3/c1-12(2,11(18)19)16(3)10(17)9-7(14)4-6(13)5-8(9)15/h4-5H,1-3H3,(H,18,19). The average molecular weight is 275 g/mol. The van der Waals surface area contributed by atoms with Crippen LogP contribution in [-0.2, 0) is 4.79 Å². The number of hydrogen-bond donors (Lipinski definition) is 1. The van der Waals surface area contributed by atoms with Crippen molar-refractivity contribution in [3.63, 3.8) is 0 Å². The van der Waals surface area contributed by atoms with Crippen LogP contribution in [0.5, 0.6) is 0 Å². The molecule has 0 aliphatic rings. The average Bonchev–Trinajstić information content (AvgIpc) is 2.25. The molecule has 0 spiro atoms. The molecule has 0 saturated heterocycles. The van der Waals surface area contributed by atoms with E-state index in [9.17, 15) is 22.8 Å². The Morgan fingerprint density at radius 3 is 1.95 bits per heavy atom. The van der Waals surface area contributed by atoms with Gasteiger partial charge in [0.15, 0.2) is 0 Å². The van der Waals surface area contributed by atoms with Crippen molar-refractivity contribution in [3.8, 4) is 0 Å². The summed E-state index contributed by atoms with van der Waals surface area (Å²) in [4.78, 5) is 23.6. The van der Waals surface area contributed by atoms with Crippen molar-refractivity contribution in [2.45, 2.75) is 19.4 Å². The van der Waals surface area contributed by atoms with Gasteiger partial charge in [0.25, 0.3) is 5.91 Å². The number of rotatable bonds is 3. The Morgan fingerprint density at radius 2 is 1.58 bits per heavy atom. The third kappa shape index (κ3) is 2.69. The van der Waals surface area contributed by atoms with E-state index < -0.39 is 40.4 Å². The number of likely N-dealkylation sites (N-methyl/N-ethyl adjacent to an activating group) is 1. The van der Waals surface area contributed by atoms with E-state index in [1.54, 1.807) is 0 Å². The number of carboxylic acid groups (broad SMARTS) is 1. The van der Waals surface area contributed by atoms with Crippen LogP contribution >= 0.6 is 0 Å². The number of carboxylic acids is 1. The van der Waals surface area contributed by atoms with E-state index in [1.807, 2.05) is 0 Å². The van der Waals surface area contributed by atoms with Gasteiger partial charge in [-0.3, -0.25) is 4.79 Å². The van der Waals surface area contributed by atoms with Gasteiger partial charge in [0.05, 0.1) is 0 Å². The minimum atomic E-state index is -1.66. The lowest BCUT2D eigenvalue weighted by atomic mass is 10.0. The molecule has 19 heavy (non-hydrogen) atoms. The Kier molecular flexibility index (Phi) is 3.88. The molecule has 1 amide bonds. The quantitative estimate of drug-likeness (QED) is 0.918. The number of benzene rings is 1. The molecule has 0 saturated carbocycles. The summed E-state index contributed by atoms with van der Waals surface area (Å²) < 4.78 is 39.6. The molecule has 0 fully saturated rings. The first kappa shape index (κ1) is 15.0. The SMILES string of the molecule is CN(C(=O)c1c(F)cc(F)cc1F)C(C)(C)C(=O)O.